The molecule has 3 aromatic rings. The first-order valence-electron chi connectivity index (χ1n) is 7.67. The van der Waals surface area contributed by atoms with Gasteiger partial charge in [0.25, 0.3) is 0 Å². The normalized spacial score (nSPS) is 10.6. The Morgan fingerprint density at radius 3 is 2.38 bits per heavy atom. The third kappa shape index (κ3) is 3.22. The lowest BCUT2D eigenvalue weighted by molar-refractivity contribution is 0.0526. The zero-order chi connectivity index (χ0) is 17.1. The molecule has 3 aromatic carbocycles. The van der Waals surface area contributed by atoms with Crippen LogP contribution in [0.15, 0.2) is 54.6 Å². The van der Waals surface area contributed by atoms with Crippen molar-refractivity contribution in [2.24, 2.45) is 0 Å². The van der Waals surface area contributed by atoms with E-state index in [0.29, 0.717) is 17.2 Å². The summed E-state index contributed by atoms with van der Waals surface area (Å²) in [7, 11) is 1.65. The van der Waals surface area contributed by atoms with Crippen molar-refractivity contribution < 1.29 is 14.3 Å². The monoisotopic (exact) mass is 340 g/mol. The van der Waals surface area contributed by atoms with Crippen LogP contribution in [0.5, 0.6) is 5.75 Å². The first-order chi connectivity index (χ1) is 11.6. The van der Waals surface area contributed by atoms with Crippen molar-refractivity contribution in [2.75, 3.05) is 13.7 Å². The second kappa shape index (κ2) is 6.93. The fraction of sp³-hybridized carbons (Fsp3) is 0.150. The number of benzene rings is 3. The van der Waals surface area contributed by atoms with Crippen LogP contribution in [0, 0.1) is 0 Å². The Morgan fingerprint density at radius 1 is 0.958 bits per heavy atom. The Bertz CT molecular complexity index is 903. The highest BCUT2D eigenvalue weighted by molar-refractivity contribution is 6.33. The summed E-state index contributed by atoms with van der Waals surface area (Å²) >= 11 is 6.13. The van der Waals surface area contributed by atoms with Crippen LogP contribution < -0.4 is 4.74 Å². The van der Waals surface area contributed by atoms with Gasteiger partial charge in [0.15, 0.2) is 0 Å². The van der Waals surface area contributed by atoms with Crippen LogP contribution >= 0.6 is 11.6 Å². The predicted octanol–water partition coefficient (Wildman–Crippen LogP) is 5.35. The molecule has 0 aliphatic heterocycles. The maximum atomic E-state index is 12.0. The first-order valence-corrected chi connectivity index (χ1v) is 8.05. The van der Waals surface area contributed by atoms with Gasteiger partial charge in [-0.15, -0.1) is 0 Å². The molecule has 4 heteroatoms. The van der Waals surface area contributed by atoms with Gasteiger partial charge < -0.3 is 9.47 Å². The van der Waals surface area contributed by atoms with Crippen molar-refractivity contribution in [3.63, 3.8) is 0 Å². The SMILES string of the molecule is CCOC(=O)c1cc(-c2ccc3cc(OC)ccc3c2)ccc1Cl. The molecule has 0 fully saturated rings. The number of halogens is 1. The summed E-state index contributed by atoms with van der Waals surface area (Å²) in [5.41, 5.74) is 2.31. The summed E-state index contributed by atoms with van der Waals surface area (Å²) in [6.07, 6.45) is 0. The molecule has 0 unspecified atom stereocenters. The van der Waals surface area contributed by atoms with Gasteiger partial charge in [-0.3, -0.25) is 0 Å². The highest BCUT2D eigenvalue weighted by atomic mass is 35.5. The summed E-state index contributed by atoms with van der Waals surface area (Å²) < 4.78 is 10.3. The van der Waals surface area contributed by atoms with Crippen LogP contribution in [0.2, 0.25) is 5.02 Å². The lowest BCUT2D eigenvalue weighted by Gasteiger charge is -2.09. The molecule has 24 heavy (non-hydrogen) atoms. The van der Waals surface area contributed by atoms with Gasteiger partial charge in [0.05, 0.1) is 24.3 Å². The summed E-state index contributed by atoms with van der Waals surface area (Å²) in [6.45, 7) is 2.09. The van der Waals surface area contributed by atoms with Gasteiger partial charge >= 0.3 is 5.97 Å². The van der Waals surface area contributed by atoms with Crippen LogP contribution in [0.3, 0.4) is 0 Å². The highest BCUT2D eigenvalue weighted by Crippen LogP contribution is 2.29. The Balaban J connectivity index is 2.03. The number of fused-ring (bicyclic) bond motifs is 1. The average molecular weight is 341 g/mol. The van der Waals surface area contributed by atoms with E-state index in [0.717, 1.165) is 27.6 Å². The molecule has 0 bridgehead atoms. The van der Waals surface area contributed by atoms with E-state index < -0.39 is 5.97 Å². The second-order valence-electron chi connectivity index (χ2n) is 5.34. The summed E-state index contributed by atoms with van der Waals surface area (Å²) in [6, 6.07) is 17.4. The minimum atomic E-state index is -0.408. The Labute approximate surface area is 145 Å². The van der Waals surface area contributed by atoms with Crippen molar-refractivity contribution in [3.8, 4) is 16.9 Å². The molecule has 0 heterocycles. The minimum absolute atomic E-state index is 0.317. The van der Waals surface area contributed by atoms with E-state index in [1.807, 2.05) is 36.4 Å². The molecule has 0 aromatic heterocycles. The molecule has 0 amide bonds. The third-order valence-electron chi connectivity index (χ3n) is 3.84. The molecule has 0 aliphatic carbocycles. The van der Waals surface area contributed by atoms with E-state index >= 15 is 0 Å². The number of hydrogen-bond acceptors (Lipinski definition) is 3. The van der Waals surface area contributed by atoms with Crippen molar-refractivity contribution in [1.82, 2.24) is 0 Å². The van der Waals surface area contributed by atoms with Crippen molar-refractivity contribution >= 4 is 28.3 Å². The molecule has 0 saturated heterocycles. The first kappa shape index (κ1) is 16.3. The molecule has 0 saturated carbocycles. The molecule has 122 valence electrons. The Hall–Kier alpha value is -2.52. The van der Waals surface area contributed by atoms with Crippen LogP contribution in [-0.2, 0) is 4.74 Å². The van der Waals surface area contributed by atoms with Crippen LogP contribution in [0.1, 0.15) is 17.3 Å². The van der Waals surface area contributed by atoms with E-state index in [1.165, 1.54) is 0 Å². The molecule has 0 N–H and O–H groups in total. The summed E-state index contributed by atoms with van der Waals surface area (Å²) in [5.74, 6) is 0.418. The largest absolute Gasteiger partial charge is 0.497 e. The van der Waals surface area contributed by atoms with Crippen molar-refractivity contribution in [2.45, 2.75) is 6.92 Å². The number of ether oxygens (including phenoxy) is 2. The molecule has 0 atom stereocenters. The number of esters is 1. The zero-order valence-corrected chi connectivity index (χ0v) is 14.3. The molecule has 0 spiro atoms. The van der Waals surface area contributed by atoms with E-state index in [4.69, 9.17) is 21.1 Å². The molecule has 3 rings (SSSR count). The topological polar surface area (TPSA) is 35.5 Å². The quantitative estimate of drug-likeness (QED) is 0.601. The predicted molar refractivity (Wildman–Crippen MR) is 96.9 cm³/mol. The average Bonchev–Trinajstić information content (AvgIpc) is 2.61. The fourth-order valence-corrected chi connectivity index (χ4v) is 2.80. The minimum Gasteiger partial charge on any atom is -0.497 e. The maximum absolute atomic E-state index is 12.0. The van der Waals surface area contributed by atoms with Gasteiger partial charge in [-0.2, -0.15) is 0 Å². The molecular weight excluding hydrogens is 324 g/mol. The number of carbonyl (C=O) groups is 1. The molecule has 3 nitrogen and oxygen atoms in total. The van der Waals surface area contributed by atoms with E-state index in [-0.39, 0.29) is 0 Å². The fourth-order valence-electron chi connectivity index (χ4n) is 2.60. The number of methoxy groups -OCH3 is 1. The number of rotatable bonds is 4. The van der Waals surface area contributed by atoms with Crippen molar-refractivity contribution in [3.05, 3.63) is 65.2 Å². The summed E-state index contributed by atoms with van der Waals surface area (Å²) in [5, 5.41) is 2.58. The Kier molecular flexibility index (Phi) is 4.72. The van der Waals surface area contributed by atoms with Gasteiger partial charge in [-0.1, -0.05) is 35.9 Å². The van der Waals surface area contributed by atoms with Gasteiger partial charge in [0.2, 0.25) is 0 Å². The van der Waals surface area contributed by atoms with Gasteiger partial charge in [0.1, 0.15) is 5.75 Å². The third-order valence-corrected chi connectivity index (χ3v) is 4.17. The van der Waals surface area contributed by atoms with E-state index in [9.17, 15) is 4.79 Å². The molecule has 0 radical (unpaired) electrons. The zero-order valence-electron chi connectivity index (χ0n) is 13.5. The van der Waals surface area contributed by atoms with Gasteiger partial charge in [0, 0.05) is 0 Å². The smallest absolute Gasteiger partial charge is 0.339 e. The lowest BCUT2D eigenvalue weighted by atomic mass is 9.99. The highest BCUT2D eigenvalue weighted by Gasteiger charge is 2.13. The van der Waals surface area contributed by atoms with Crippen LogP contribution in [0.4, 0.5) is 0 Å². The number of carbonyl (C=O) groups excluding carboxylic acids is 1. The van der Waals surface area contributed by atoms with E-state index in [2.05, 4.69) is 6.07 Å². The number of hydrogen-bond donors (Lipinski definition) is 0. The summed E-state index contributed by atoms with van der Waals surface area (Å²) in [4.78, 5) is 12.0. The molecular formula is C20H17ClO3. The van der Waals surface area contributed by atoms with Crippen molar-refractivity contribution in [1.29, 1.82) is 0 Å². The Morgan fingerprint density at radius 2 is 1.62 bits per heavy atom. The van der Waals surface area contributed by atoms with Crippen LogP contribution in [-0.4, -0.2) is 19.7 Å². The van der Waals surface area contributed by atoms with Gasteiger partial charge in [-0.05, 0) is 59.2 Å². The van der Waals surface area contributed by atoms with E-state index in [1.54, 1.807) is 26.2 Å². The lowest BCUT2D eigenvalue weighted by Crippen LogP contribution is -2.05. The maximum Gasteiger partial charge on any atom is 0.339 e. The molecule has 0 aliphatic rings. The van der Waals surface area contributed by atoms with Crippen LogP contribution in [0.25, 0.3) is 21.9 Å². The standard InChI is InChI=1S/C20H17ClO3/c1-3-24-20(22)18-12-16(7-9-19(18)21)13-4-5-15-11-17(23-2)8-6-14(15)10-13/h4-12H,3H2,1-2H3. The second-order valence-corrected chi connectivity index (χ2v) is 5.75. The van der Waals surface area contributed by atoms with Gasteiger partial charge in [-0.25, -0.2) is 4.79 Å².